The van der Waals surface area contributed by atoms with E-state index >= 15 is 0 Å². The van der Waals surface area contributed by atoms with E-state index in [1.54, 1.807) is 0 Å². The topological polar surface area (TPSA) is 118 Å². The summed E-state index contributed by atoms with van der Waals surface area (Å²) in [6, 6.07) is 7.29. The number of nitrogens with one attached hydrogen (secondary N) is 1. The van der Waals surface area contributed by atoms with E-state index in [0.29, 0.717) is 6.42 Å². The highest BCUT2D eigenvalue weighted by molar-refractivity contribution is 5.92. The lowest BCUT2D eigenvalue weighted by atomic mass is 9.70. The Balaban J connectivity index is 2.24. The van der Waals surface area contributed by atoms with Gasteiger partial charge in [-0.2, -0.15) is 0 Å². The predicted octanol–water partition coefficient (Wildman–Crippen LogP) is 1.23. The van der Waals surface area contributed by atoms with Crippen LogP contribution in [0.2, 0.25) is 0 Å². The summed E-state index contributed by atoms with van der Waals surface area (Å²) in [6.07, 6.45) is 4.09. The van der Waals surface area contributed by atoms with E-state index in [-0.39, 0.29) is 18.6 Å². The number of allylic oxidation sites excluding steroid dienone is 4. The van der Waals surface area contributed by atoms with Crippen molar-refractivity contribution in [3.05, 3.63) is 60.0 Å². The Bertz CT molecular complexity index is 690. The minimum Gasteiger partial charge on any atom is -0.480 e. The predicted molar refractivity (Wildman–Crippen MR) is 91.9 cm³/mol. The summed E-state index contributed by atoms with van der Waals surface area (Å²) in [7, 11) is 0. The first-order chi connectivity index (χ1) is 11.9. The Kier molecular flexibility index (Phi) is 6.19. The van der Waals surface area contributed by atoms with Gasteiger partial charge in [-0.05, 0) is 37.0 Å². The van der Waals surface area contributed by atoms with Crippen LogP contribution >= 0.6 is 0 Å². The van der Waals surface area contributed by atoms with E-state index in [1.165, 1.54) is 18.2 Å². The molecule has 0 heterocycles. The SMILES string of the molecule is NN[C@@H](CC1(C(=O)[C@@H](N)Cc2ccccc2)C=CC(F)=CC1)C(=O)O. The molecule has 0 aliphatic heterocycles. The zero-order valence-corrected chi connectivity index (χ0v) is 13.7. The number of carbonyl (C=O) groups excluding carboxylic acids is 1. The van der Waals surface area contributed by atoms with Crippen molar-refractivity contribution in [3.8, 4) is 0 Å². The first-order valence-electron chi connectivity index (χ1n) is 7.95. The second-order valence-corrected chi connectivity index (χ2v) is 6.20. The molecule has 6 nitrogen and oxygen atoms in total. The van der Waals surface area contributed by atoms with Crippen molar-refractivity contribution >= 4 is 11.8 Å². The van der Waals surface area contributed by atoms with Gasteiger partial charge in [-0.15, -0.1) is 0 Å². The first-order valence-corrected chi connectivity index (χ1v) is 7.95. The molecule has 1 unspecified atom stereocenters. The van der Waals surface area contributed by atoms with E-state index in [9.17, 15) is 19.1 Å². The maximum absolute atomic E-state index is 13.4. The van der Waals surface area contributed by atoms with Gasteiger partial charge >= 0.3 is 5.97 Å². The zero-order valence-electron chi connectivity index (χ0n) is 13.7. The quantitative estimate of drug-likeness (QED) is 0.415. The molecule has 0 saturated carbocycles. The molecule has 1 aliphatic carbocycles. The Morgan fingerprint density at radius 2 is 2.00 bits per heavy atom. The number of carboxylic acids is 1. The molecule has 0 radical (unpaired) electrons. The minimum atomic E-state index is -1.21. The smallest absolute Gasteiger partial charge is 0.322 e. The number of carboxylic acid groups (broad SMARTS) is 1. The van der Waals surface area contributed by atoms with E-state index in [4.69, 9.17) is 11.6 Å². The van der Waals surface area contributed by atoms with Crippen LogP contribution < -0.4 is 17.0 Å². The number of rotatable bonds is 8. The third kappa shape index (κ3) is 4.60. The van der Waals surface area contributed by atoms with Crippen LogP contribution in [0.3, 0.4) is 0 Å². The first kappa shape index (κ1) is 19.0. The molecule has 7 heteroatoms. The van der Waals surface area contributed by atoms with Crippen LogP contribution in [-0.4, -0.2) is 28.9 Å². The number of aliphatic carboxylic acids is 1. The molecular weight excluding hydrogens is 325 g/mol. The summed E-state index contributed by atoms with van der Waals surface area (Å²) in [4.78, 5) is 24.3. The average Bonchev–Trinajstić information content (AvgIpc) is 2.61. The van der Waals surface area contributed by atoms with Crippen LogP contribution in [0.4, 0.5) is 4.39 Å². The van der Waals surface area contributed by atoms with E-state index in [0.717, 1.165) is 5.56 Å². The van der Waals surface area contributed by atoms with Gasteiger partial charge in [0.1, 0.15) is 11.9 Å². The lowest BCUT2D eigenvalue weighted by molar-refractivity contribution is -0.141. The molecule has 0 aromatic heterocycles. The molecule has 2 rings (SSSR count). The Hall–Kier alpha value is -2.35. The Morgan fingerprint density at radius 3 is 2.52 bits per heavy atom. The number of hydrogen-bond acceptors (Lipinski definition) is 5. The monoisotopic (exact) mass is 347 g/mol. The highest BCUT2D eigenvalue weighted by Gasteiger charge is 2.42. The van der Waals surface area contributed by atoms with Crippen LogP contribution in [-0.2, 0) is 16.0 Å². The molecule has 0 bridgehead atoms. The largest absolute Gasteiger partial charge is 0.480 e. The summed E-state index contributed by atoms with van der Waals surface area (Å²) in [5.74, 6) is 3.30. The van der Waals surface area contributed by atoms with Gasteiger partial charge in [-0.25, -0.2) is 9.82 Å². The molecule has 3 atom stereocenters. The summed E-state index contributed by atoms with van der Waals surface area (Å²) < 4.78 is 13.4. The second-order valence-electron chi connectivity index (χ2n) is 6.20. The maximum atomic E-state index is 13.4. The third-order valence-electron chi connectivity index (χ3n) is 4.42. The van der Waals surface area contributed by atoms with Crippen molar-refractivity contribution in [1.82, 2.24) is 5.43 Å². The molecule has 134 valence electrons. The van der Waals surface area contributed by atoms with Gasteiger partial charge in [0, 0.05) is 0 Å². The summed E-state index contributed by atoms with van der Waals surface area (Å²) in [5, 5.41) is 9.23. The molecule has 0 fully saturated rings. The number of benzene rings is 1. The van der Waals surface area contributed by atoms with E-state index < -0.39 is 29.3 Å². The summed E-state index contributed by atoms with van der Waals surface area (Å²) in [5.41, 5.74) is 7.97. The van der Waals surface area contributed by atoms with Gasteiger partial charge < -0.3 is 10.8 Å². The zero-order chi connectivity index (χ0) is 18.4. The molecule has 1 aromatic carbocycles. The highest BCUT2D eigenvalue weighted by Crippen LogP contribution is 2.37. The van der Waals surface area contributed by atoms with Gasteiger partial charge in [0.2, 0.25) is 0 Å². The fraction of sp³-hybridized carbons (Fsp3) is 0.333. The minimum absolute atomic E-state index is 0.0438. The molecule has 25 heavy (non-hydrogen) atoms. The van der Waals surface area contributed by atoms with Gasteiger partial charge in [0.05, 0.1) is 11.5 Å². The normalized spacial score (nSPS) is 22.1. The maximum Gasteiger partial charge on any atom is 0.322 e. The summed E-state index contributed by atoms with van der Waals surface area (Å²) in [6.45, 7) is 0. The molecule has 6 N–H and O–H groups in total. The van der Waals surface area contributed by atoms with Crippen molar-refractivity contribution < 1.29 is 19.1 Å². The number of ketones is 1. The van der Waals surface area contributed by atoms with Crippen LogP contribution in [0, 0.1) is 5.41 Å². The molecule has 0 saturated heterocycles. The van der Waals surface area contributed by atoms with Crippen molar-refractivity contribution in [2.24, 2.45) is 17.0 Å². The molecule has 1 aromatic rings. The molecule has 1 aliphatic rings. The van der Waals surface area contributed by atoms with E-state index in [2.05, 4.69) is 5.43 Å². The second kappa shape index (κ2) is 8.15. The molecular formula is C18H22FN3O3. The lowest BCUT2D eigenvalue weighted by Gasteiger charge is -2.34. The number of carbonyl (C=O) groups is 2. The van der Waals surface area contributed by atoms with Crippen LogP contribution in [0.1, 0.15) is 18.4 Å². The van der Waals surface area contributed by atoms with Crippen LogP contribution in [0.25, 0.3) is 0 Å². The molecule has 0 spiro atoms. The third-order valence-corrected chi connectivity index (χ3v) is 4.42. The van der Waals surface area contributed by atoms with Crippen LogP contribution in [0.15, 0.2) is 54.4 Å². The van der Waals surface area contributed by atoms with Gasteiger partial charge in [0.25, 0.3) is 0 Å². The number of hydrogen-bond donors (Lipinski definition) is 4. The number of hydrazine groups is 1. The Morgan fingerprint density at radius 1 is 1.32 bits per heavy atom. The van der Waals surface area contributed by atoms with Crippen molar-refractivity contribution in [2.45, 2.75) is 31.3 Å². The lowest BCUT2D eigenvalue weighted by Crippen LogP contribution is -2.50. The van der Waals surface area contributed by atoms with Crippen LogP contribution in [0.5, 0.6) is 0 Å². The fourth-order valence-corrected chi connectivity index (χ4v) is 3.00. The number of nitrogens with two attached hydrogens (primary N) is 2. The summed E-state index contributed by atoms with van der Waals surface area (Å²) >= 11 is 0. The number of halogens is 1. The van der Waals surface area contributed by atoms with Crippen molar-refractivity contribution in [1.29, 1.82) is 0 Å². The average molecular weight is 347 g/mol. The van der Waals surface area contributed by atoms with Gasteiger partial charge in [0.15, 0.2) is 5.78 Å². The highest BCUT2D eigenvalue weighted by atomic mass is 19.1. The number of Topliss-reactive ketones (excluding diaryl/α,β-unsaturated/α-hetero) is 1. The van der Waals surface area contributed by atoms with E-state index in [1.807, 2.05) is 30.3 Å². The van der Waals surface area contributed by atoms with Gasteiger partial charge in [-0.1, -0.05) is 36.4 Å². The Labute approximate surface area is 145 Å². The van der Waals surface area contributed by atoms with Crippen molar-refractivity contribution in [2.75, 3.05) is 0 Å². The fourth-order valence-electron chi connectivity index (χ4n) is 3.00. The van der Waals surface area contributed by atoms with Crippen molar-refractivity contribution in [3.63, 3.8) is 0 Å². The van der Waals surface area contributed by atoms with Gasteiger partial charge in [-0.3, -0.25) is 15.4 Å². The standard InChI is InChI=1S/C18H22FN3O3/c19-13-6-8-18(9-7-13,11-15(22-21)17(24)25)16(23)14(20)10-12-4-2-1-3-5-12/h1-8,14-15,22H,9-11,20-21H2,(H,24,25)/t14-,15-,18?/m0/s1. The molecule has 0 amide bonds.